The zero-order valence-corrected chi connectivity index (χ0v) is 10.9. The lowest BCUT2D eigenvalue weighted by Crippen LogP contribution is -2.19. The smallest absolute Gasteiger partial charge is 0.161 e. The third-order valence-corrected chi connectivity index (χ3v) is 3.07. The van der Waals surface area contributed by atoms with Crippen molar-refractivity contribution in [2.75, 3.05) is 19.8 Å². The molecule has 0 saturated heterocycles. The Labute approximate surface area is 109 Å². The molecule has 1 heterocycles. The summed E-state index contributed by atoms with van der Waals surface area (Å²) < 4.78 is 11.3. The van der Waals surface area contributed by atoms with E-state index in [1.54, 1.807) is 0 Å². The minimum atomic E-state index is 0.308. The summed E-state index contributed by atoms with van der Waals surface area (Å²) in [6, 6.07) is 6.48. The predicted octanol–water partition coefficient (Wildman–Crippen LogP) is 3.07. The molecule has 0 radical (unpaired) electrons. The first kappa shape index (κ1) is 13.0. The van der Waals surface area contributed by atoms with E-state index in [4.69, 9.17) is 9.47 Å². The molecule has 1 aliphatic rings. The van der Waals surface area contributed by atoms with Gasteiger partial charge < -0.3 is 14.8 Å². The summed E-state index contributed by atoms with van der Waals surface area (Å²) in [6.45, 7) is 8.29. The van der Waals surface area contributed by atoms with Crippen molar-refractivity contribution in [1.29, 1.82) is 0 Å². The second kappa shape index (κ2) is 6.45. The largest absolute Gasteiger partial charge is 0.490 e. The Morgan fingerprint density at radius 3 is 2.89 bits per heavy atom. The molecule has 0 bridgehead atoms. The molecular formula is C15H21NO2. The minimum absolute atomic E-state index is 0.308. The Kier molecular flexibility index (Phi) is 4.65. The molecule has 0 saturated carbocycles. The van der Waals surface area contributed by atoms with Gasteiger partial charge >= 0.3 is 0 Å². The van der Waals surface area contributed by atoms with Crippen LogP contribution in [0, 0.1) is 0 Å². The van der Waals surface area contributed by atoms with Gasteiger partial charge in [0.1, 0.15) is 0 Å². The van der Waals surface area contributed by atoms with Gasteiger partial charge in [0.25, 0.3) is 0 Å². The standard InChI is InChI=1S/C15H21NO2/c1-3-4-8-16-12(2)13-6-7-14-15(11-13)18-10-5-9-17-14/h3,6-7,11-12,16H,1,4-5,8-10H2,2H3. The Morgan fingerprint density at radius 2 is 2.11 bits per heavy atom. The molecular weight excluding hydrogens is 226 g/mol. The van der Waals surface area contributed by atoms with Crippen LogP contribution >= 0.6 is 0 Å². The zero-order valence-electron chi connectivity index (χ0n) is 10.9. The number of ether oxygens (including phenoxy) is 2. The van der Waals surface area contributed by atoms with Crippen molar-refractivity contribution in [2.24, 2.45) is 0 Å². The van der Waals surface area contributed by atoms with Crippen LogP contribution in [0.2, 0.25) is 0 Å². The molecule has 98 valence electrons. The first-order valence-corrected chi connectivity index (χ1v) is 6.55. The second-order valence-corrected chi connectivity index (χ2v) is 4.51. The molecule has 1 N–H and O–H groups in total. The van der Waals surface area contributed by atoms with Crippen molar-refractivity contribution in [1.82, 2.24) is 5.32 Å². The quantitative estimate of drug-likeness (QED) is 0.640. The first-order valence-electron chi connectivity index (χ1n) is 6.55. The number of rotatable bonds is 5. The molecule has 1 aromatic carbocycles. The van der Waals surface area contributed by atoms with E-state index in [0.29, 0.717) is 6.04 Å². The number of nitrogens with one attached hydrogen (secondary N) is 1. The van der Waals surface area contributed by atoms with Crippen molar-refractivity contribution >= 4 is 0 Å². The molecule has 18 heavy (non-hydrogen) atoms. The molecule has 0 aliphatic carbocycles. The van der Waals surface area contributed by atoms with E-state index in [0.717, 1.165) is 44.1 Å². The number of benzene rings is 1. The highest BCUT2D eigenvalue weighted by atomic mass is 16.5. The van der Waals surface area contributed by atoms with E-state index in [9.17, 15) is 0 Å². The summed E-state index contributed by atoms with van der Waals surface area (Å²) in [5.74, 6) is 1.72. The Balaban J connectivity index is 2.05. The van der Waals surface area contributed by atoms with Crippen LogP contribution in [0.1, 0.15) is 31.4 Å². The molecule has 3 heteroatoms. The minimum Gasteiger partial charge on any atom is -0.490 e. The highest BCUT2D eigenvalue weighted by Crippen LogP contribution is 2.32. The van der Waals surface area contributed by atoms with Gasteiger partial charge in [0, 0.05) is 12.5 Å². The number of fused-ring (bicyclic) bond motifs is 1. The average molecular weight is 247 g/mol. The van der Waals surface area contributed by atoms with Crippen LogP contribution in [0.3, 0.4) is 0 Å². The number of hydrogen-bond donors (Lipinski definition) is 1. The lowest BCUT2D eigenvalue weighted by molar-refractivity contribution is 0.297. The molecule has 0 aromatic heterocycles. The van der Waals surface area contributed by atoms with Gasteiger partial charge in [0.2, 0.25) is 0 Å². The fourth-order valence-corrected chi connectivity index (χ4v) is 1.97. The lowest BCUT2D eigenvalue weighted by Gasteiger charge is -2.16. The summed E-state index contributed by atoms with van der Waals surface area (Å²) in [5.41, 5.74) is 1.23. The third-order valence-electron chi connectivity index (χ3n) is 3.07. The molecule has 1 aliphatic heterocycles. The summed E-state index contributed by atoms with van der Waals surface area (Å²) in [5, 5.41) is 3.45. The van der Waals surface area contributed by atoms with Crippen molar-refractivity contribution in [3.05, 3.63) is 36.4 Å². The highest BCUT2D eigenvalue weighted by molar-refractivity contribution is 5.44. The third kappa shape index (κ3) is 3.26. The maximum atomic E-state index is 5.70. The van der Waals surface area contributed by atoms with E-state index >= 15 is 0 Å². The predicted molar refractivity (Wildman–Crippen MR) is 73.3 cm³/mol. The van der Waals surface area contributed by atoms with Crippen molar-refractivity contribution in [3.8, 4) is 11.5 Å². The van der Waals surface area contributed by atoms with E-state index in [2.05, 4.69) is 31.0 Å². The van der Waals surface area contributed by atoms with Crippen LogP contribution in [0.15, 0.2) is 30.9 Å². The van der Waals surface area contributed by atoms with Gasteiger partial charge in [-0.05, 0) is 37.6 Å². The van der Waals surface area contributed by atoms with Crippen LogP contribution in [0.25, 0.3) is 0 Å². The van der Waals surface area contributed by atoms with Gasteiger partial charge in [-0.3, -0.25) is 0 Å². The summed E-state index contributed by atoms with van der Waals surface area (Å²) >= 11 is 0. The first-order chi connectivity index (χ1) is 8.81. The molecule has 2 rings (SSSR count). The lowest BCUT2D eigenvalue weighted by atomic mass is 10.1. The van der Waals surface area contributed by atoms with Gasteiger partial charge in [-0.1, -0.05) is 12.1 Å². The SMILES string of the molecule is C=CCCNC(C)c1ccc2c(c1)OCCCO2. The molecule has 3 nitrogen and oxygen atoms in total. The fourth-order valence-electron chi connectivity index (χ4n) is 1.97. The second-order valence-electron chi connectivity index (χ2n) is 4.51. The van der Waals surface area contributed by atoms with Crippen molar-refractivity contribution in [2.45, 2.75) is 25.8 Å². The Morgan fingerprint density at radius 1 is 1.33 bits per heavy atom. The summed E-state index contributed by atoms with van der Waals surface area (Å²) in [7, 11) is 0. The van der Waals surface area contributed by atoms with Gasteiger partial charge in [0.15, 0.2) is 11.5 Å². The molecule has 1 unspecified atom stereocenters. The Hall–Kier alpha value is -1.48. The maximum Gasteiger partial charge on any atom is 0.161 e. The fraction of sp³-hybridized carbons (Fsp3) is 0.467. The zero-order chi connectivity index (χ0) is 12.8. The number of hydrogen-bond acceptors (Lipinski definition) is 3. The van der Waals surface area contributed by atoms with E-state index in [1.807, 2.05) is 12.1 Å². The molecule has 0 amide bonds. The maximum absolute atomic E-state index is 5.70. The van der Waals surface area contributed by atoms with Crippen LogP contribution in [0.5, 0.6) is 11.5 Å². The van der Waals surface area contributed by atoms with Crippen molar-refractivity contribution < 1.29 is 9.47 Å². The van der Waals surface area contributed by atoms with E-state index in [-0.39, 0.29) is 0 Å². The average Bonchev–Trinajstić information content (AvgIpc) is 2.63. The highest BCUT2D eigenvalue weighted by Gasteiger charge is 2.13. The summed E-state index contributed by atoms with van der Waals surface area (Å²) in [6.07, 6.45) is 3.85. The van der Waals surface area contributed by atoms with Gasteiger partial charge in [-0.15, -0.1) is 6.58 Å². The van der Waals surface area contributed by atoms with Gasteiger partial charge in [-0.2, -0.15) is 0 Å². The van der Waals surface area contributed by atoms with Crippen LogP contribution in [-0.4, -0.2) is 19.8 Å². The molecule has 0 fully saturated rings. The topological polar surface area (TPSA) is 30.5 Å². The Bertz CT molecular complexity index is 403. The van der Waals surface area contributed by atoms with Crippen molar-refractivity contribution in [3.63, 3.8) is 0 Å². The summed E-state index contributed by atoms with van der Waals surface area (Å²) in [4.78, 5) is 0. The van der Waals surface area contributed by atoms with Gasteiger partial charge in [-0.25, -0.2) is 0 Å². The van der Waals surface area contributed by atoms with E-state index < -0.39 is 0 Å². The monoisotopic (exact) mass is 247 g/mol. The molecule has 0 spiro atoms. The van der Waals surface area contributed by atoms with Crippen LogP contribution < -0.4 is 14.8 Å². The van der Waals surface area contributed by atoms with Gasteiger partial charge in [0.05, 0.1) is 13.2 Å². The molecule has 1 aromatic rings. The van der Waals surface area contributed by atoms with E-state index in [1.165, 1.54) is 5.56 Å². The molecule has 1 atom stereocenters. The normalized spacial score (nSPS) is 15.8. The van der Waals surface area contributed by atoms with Crippen LogP contribution in [0.4, 0.5) is 0 Å². The van der Waals surface area contributed by atoms with Crippen LogP contribution in [-0.2, 0) is 0 Å².